The largest absolute Gasteiger partial charge is 0.207 e. The zero-order valence-corrected chi connectivity index (χ0v) is 5.86. The van der Waals surface area contributed by atoms with Crippen LogP contribution in [0.15, 0.2) is 12.1 Å². The van der Waals surface area contributed by atoms with Gasteiger partial charge in [-0.1, -0.05) is 0 Å². The number of hydrogen-bond acceptors (Lipinski definition) is 1. The lowest BCUT2D eigenvalue weighted by Crippen LogP contribution is -1.90. The number of benzene rings is 1. The second-order valence-electron chi connectivity index (χ2n) is 2.19. The summed E-state index contributed by atoms with van der Waals surface area (Å²) in [6.45, 7) is 1.49. The standard InChI is InChI=1S/C8H5F2N/c1-5-2-6(9)3-8(10)7(5)4-11/h2-3H,1H3. The van der Waals surface area contributed by atoms with Crippen LogP contribution in [0.2, 0.25) is 0 Å². The third-order valence-corrected chi connectivity index (χ3v) is 1.36. The van der Waals surface area contributed by atoms with Gasteiger partial charge in [0.25, 0.3) is 0 Å². The summed E-state index contributed by atoms with van der Waals surface area (Å²) in [5.41, 5.74) is 0.233. The van der Waals surface area contributed by atoms with Gasteiger partial charge < -0.3 is 0 Å². The summed E-state index contributed by atoms with van der Waals surface area (Å²) < 4.78 is 25.0. The number of aryl methyl sites for hydroxylation is 1. The van der Waals surface area contributed by atoms with Crippen LogP contribution in [0.4, 0.5) is 8.78 Å². The number of nitrogens with zero attached hydrogens (tertiary/aromatic N) is 1. The summed E-state index contributed by atoms with van der Waals surface area (Å²) >= 11 is 0. The summed E-state index contributed by atoms with van der Waals surface area (Å²) in [6, 6.07) is 3.48. The van der Waals surface area contributed by atoms with Gasteiger partial charge in [-0.3, -0.25) is 0 Å². The third-order valence-electron chi connectivity index (χ3n) is 1.36. The Labute approximate surface area is 62.9 Å². The molecule has 56 valence electrons. The molecule has 1 rings (SSSR count). The second kappa shape index (κ2) is 2.67. The van der Waals surface area contributed by atoms with Crippen LogP contribution in [0.1, 0.15) is 11.1 Å². The smallest absolute Gasteiger partial charge is 0.144 e. The maximum atomic E-state index is 12.6. The van der Waals surface area contributed by atoms with E-state index in [2.05, 4.69) is 0 Å². The fraction of sp³-hybridized carbons (Fsp3) is 0.125. The molecule has 11 heavy (non-hydrogen) atoms. The first-order valence-electron chi connectivity index (χ1n) is 3.01. The van der Waals surface area contributed by atoms with Gasteiger partial charge in [0.05, 0.1) is 5.56 Å². The number of halogens is 2. The van der Waals surface area contributed by atoms with Crippen molar-refractivity contribution in [3.8, 4) is 6.07 Å². The fourth-order valence-electron chi connectivity index (χ4n) is 0.844. The average Bonchev–Trinajstić information content (AvgIpc) is 1.85. The summed E-state index contributed by atoms with van der Waals surface area (Å²) in [5, 5.41) is 8.38. The van der Waals surface area contributed by atoms with Crippen molar-refractivity contribution in [2.24, 2.45) is 0 Å². The topological polar surface area (TPSA) is 23.8 Å². The van der Waals surface area contributed by atoms with Crippen molar-refractivity contribution in [2.45, 2.75) is 6.92 Å². The van der Waals surface area contributed by atoms with Gasteiger partial charge in [-0.15, -0.1) is 0 Å². The molecule has 0 N–H and O–H groups in total. The molecule has 0 aliphatic rings. The molecule has 3 heteroatoms. The molecule has 1 aromatic rings. The molecule has 1 aromatic carbocycles. The first kappa shape index (κ1) is 7.67. The minimum atomic E-state index is -0.801. The van der Waals surface area contributed by atoms with Crippen LogP contribution in [0, 0.1) is 29.9 Å². The van der Waals surface area contributed by atoms with Crippen molar-refractivity contribution >= 4 is 0 Å². The first-order valence-corrected chi connectivity index (χ1v) is 3.01. The molecule has 0 saturated carbocycles. The van der Waals surface area contributed by atoms with Crippen molar-refractivity contribution in [1.29, 1.82) is 5.26 Å². The fourth-order valence-corrected chi connectivity index (χ4v) is 0.844. The normalized spacial score (nSPS) is 9.27. The van der Waals surface area contributed by atoms with Gasteiger partial charge >= 0.3 is 0 Å². The monoisotopic (exact) mass is 153 g/mol. The highest BCUT2D eigenvalue weighted by Gasteiger charge is 2.06. The molecule has 0 atom stereocenters. The molecular formula is C8H5F2N. The van der Waals surface area contributed by atoms with Crippen molar-refractivity contribution in [3.05, 3.63) is 34.9 Å². The molecule has 1 nitrogen and oxygen atoms in total. The molecule has 0 amide bonds. The zero-order valence-electron chi connectivity index (χ0n) is 5.86. The lowest BCUT2D eigenvalue weighted by Gasteiger charge is -1.97. The Hall–Kier alpha value is -1.43. The molecule has 0 spiro atoms. The van der Waals surface area contributed by atoms with E-state index >= 15 is 0 Å². The Kier molecular flexibility index (Phi) is 1.86. The molecule has 0 fully saturated rings. The van der Waals surface area contributed by atoms with Gasteiger partial charge in [-0.05, 0) is 18.6 Å². The predicted molar refractivity (Wildman–Crippen MR) is 35.8 cm³/mol. The van der Waals surface area contributed by atoms with Crippen LogP contribution < -0.4 is 0 Å². The molecular weight excluding hydrogens is 148 g/mol. The minimum Gasteiger partial charge on any atom is -0.207 e. The first-order chi connectivity index (χ1) is 5.15. The van der Waals surface area contributed by atoms with Crippen molar-refractivity contribution in [1.82, 2.24) is 0 Å². The number of hydrogen-bond donors (Lipinski definition) is 0. The molecule has 0 radical (unpaired) electrons. The zero-order chi connectivity index (χ0) is 8.43. The summed E-state index contributed by atoms with van der Waals surface area (Å²) in [7, 11) is 0. The van der Waals surface area contributed by atoms with E-state index in [-0.39, 0.29) is 5.56 Å². The van der Waals surface area contributed by atoms with Crippen LogP contribution in [0.3, 0.4) is 0 Å². The summed E-state index contributed by atoms with van der Waals surface area (Å²) in [4.78, 5) is 0. The van der Waals surface area contributed by atoms with E-state index < -0.39 is 11.6 Å². The molecule has 0 aromatic heterocycles. The van der Waals surface area contributed by atoms with E-state index in [9.17, 15) is 8.78 Å². The number of rotatable bonds is 0. The van der Waals surface area contributed by atoms with Gasteiger partial charge in [0.1, 0.15) is 17.7 Å². The van der Waals surface area contributed by atoms with Gasteiger partial charge in [0.2, 0.25) is 0 Å². The molecule has 0 aliphatic carbocycles. The Morgan fingerprint density at radius 1 is 1.36 bits per heavy atom. The van der Waals surface area contributed by atoms with Crippen LogP contribution in [0.25, 0.3) is 0 Å². The highest BCUT2D eigenvalue weighted by molar-refractivity contribution is 5.38. The highest BCUT2D eigenvalue weighted by atomic mass is 19.1. The quantitative estimate of drug-likeness (QED) is 0.560. The van der Waals surface area contributed by atoms with Crippen LogP contribution in [-0.4, -0.2) is 0 Å². The molecule has 0 unspecified atom stereocenters. The van der Waals surface area contributed by atoms with E-state index in [0.29, 0.717) is 11.6 Å². The molecule has 0 aliphatic heterocycles. The van der Waals surface area contributed by atoms with Crippen LogP contribution in [-0.2, 0) is 0 Å². The predicted octanol–water partition coefficient (Wildman–Crippen LogP) is 2.14. The van der Waals surface area contributed by atoms with Crippen LogP contribution >= 0.6 is 0 Å². The Morgan fingerprint density at radius 3 is 2.45 bits per heavy atom. The Morgan fingerprint density at radius 2 is 2.00 bits per heavy atom. The van der Waals surface area contributed by atoms with Gasteiger partial charge in [-0.2, -0.15) is 5.26 Å². The highest BCUT2D eigenvalue weighted by Crippen LogP contribution is 2.13. The summed E-state index contributed by atoms with van der Waals surface area (Å²) in [6.07, 6.45) is 0. The van der Waals surface area contributed by atoms with Crippen molar-refractivity contribution in [2.75, 3.05) is 0 Å². The molecule has 0 heterocycles. The minimum absolute atomic E-state index is 0.0913. The lowest BCUT2D eigenvalue weighted by molar-refractivity contribution is 0.579. The third kappa shape index (κ3) is 1.35. The van der Waals surface area contributed by atoms with E-state index in [4.69, 9.17) is 5.26 Å². The maximum Gasteiger partial charge on any atom is 0.144 e. The van der Waals surface area contributed by atoms with E-state index in [1.165, 1.54) is 6.92 Å². The van der Waals surface area contributed by atoms with E-state index in [0.717, 1.165) is 6.07 Å². The Bertz CT molecular complexity index is 302. The van der Waals surface area contributed by atoms with Gasteiger partial charge in [0, 0.05) is 6.07 Å². The second-order valence-corrected chi connectivity index (χ2v) is 2.19. The SMILES string of the molecule is Cc1cc(F)cc(F)c1C#N. The Balaban J connectivity index is 3.40. The van der Waals surface area contributed by atoms with Crippen LogP contribution in [0.5, 0.6) is 0 Å². The van der Waals surface area contributed by atoms with E-state index in [1.54, 1.807) is 6.07 Å². The van der Waals surface area contributed by atoms with Gasteiger partial charge in [-0.25, -0.2) is 8.78 Å². The number of nitriles is 1. The maximum absolute atomic E-state index is 12.6. The molecule has 0 saturated heterocycles. The van der Waals surface area contributed by atoms with Gasteiger partial charge in [0.15, 0.2) is 0 Å². The van der Waals surface area contributed by atoms with Crippen molar-refractivity contribution in [3.63, 3.8) is 0 Å². The average molecular weight is 153 g/mol. The van der Waals surface area contributed by atoms with Crippen molar-refractivity contribution < 1.29 is 8.78 Å². The summed E-state index contributed by atoms with van der Waals surface area (Å²) in [5.74, 6) is -1.45. The molecule has 0 bridgehead atoms. The van der Waals surface area contributed by atoms with E-state index in [1.807, 2.05) is 0 Å². The lowest BCUT2D eigenvalue weighted by atomic mass is 10.1.